The molecule has 0 radical (unpaired) electrons. The Morgan fingerprint density at radius 2 is 1.58 bits per heavy atom. The van der Waals surface area contributed by atoms with Gasteiger partial charge in [0.1, 0.15) is 17.0 Å². The maximum Gasteiger partial charge on any atom is 0.180 e. The molecule has 6 heteroatoms. The molecule has 192 valence electrons. The second-order valence-corrected chi connectivity index (χ2v) is 11.3. The highest BCUT2D eigenvalue weighted by molar-refractivity contribution is 6.32. The van der Waals surface area contributed by atoms with E-state index in [2.05, 4.69) is 0 Å². The van der Waals surface area contributed by atoms with Crippen LogP contribution in [0.5, 0.6) is 5.75 Å². The second-order valence-electron chi connectivity index (χ2n) is 11.3. The number of rotatable bonds is 3. The highest BCUT2D eigenvalue weighted by atomic mass is 19.1. The standard InChI is InChI=1S/C32H28FNO4/c1-31(2,3)30(37)27-26(18-9-13-21(38-4)14-10-18)32(28(35)22-7-5-6-8-23(22)29(32)36)25-16-11-19-17-20(33)12-15-24(19)34(25)27/h5-17,25-27H,1-4H3/t25-,26-,27-/m1/s1. The van der Waals surface area contributed by atoms with Crippen molar-refractivity contribution in [3.8, 4) is 5.75 Å². The first kappa shape index (κ1) is 24.3. The molecule has 3 aliphatic rings. The topological polar surface area (TPSA) is 63.7 Å². The summed E-state index contributed by atoms with van der Waals surface area (Å²) in [6.07, 6.45) is 3.57. The number of nitrogens with zero attached hydrogens (tertiary/aromatic N) is 1. The molecule has 3 atom stereocenters. The minimum atomic E-state index is -1.56. The molecule has 0 saturated carbocycles. The quantitative estimate of drug-likeness (QED) is 0.413. The number of methoxy groups -OCH3 is 1. The maximum atomic E-state index is 14.5. The van der Waals surface area contributed by atoms with Gasteiger partial charge in [-0.2, -0.15) is 0 Å². The normalized spacial score (nSPS) is 22.9. The van der Waals surface area contributed by atoms with Crippen LogP contribution < -0.4 is 9.64 Å². The van der Waals surface area contributed by atoms with Gasteiger partial charge in [0.05, 0.1) is 19.2 Å². The van der Waals surface area contributed by atoms with Gasteiger partial charge in [-0.05, 0) is 35.9 Å². The minimum Gasteiger partial charge on any atom is -0.497 e. The van der Waals surface area contributed by atoms with Crippen LogP contribution in [0, 0.1) is 16.6 Å². The number of halogens is 1. The summed E-state index contributed by atoms with van der Waals surface area (Å²) < 4.78 is 19.6. The lowest BCUT2D eigenvalue weighted by Crippen LogP contribution is -2.49. The lowest BCUT2D eigenvalue weighted by Gasteiger charge is -2.38. The van der Waals surface area contributed by atoms with Gasteiger partial charge in [0.25, 0.3) is 0 Å². The number of carbonyl (C=O) groups excluding carboxylic acids is 3. The van der Waals surface area contributed by atoms with Crippen LogP contribution in [0.3, 0.4) is 0 Å². The van der Waals surface area contributed by atoms with Crippen LogP contribution in [0.2, 0.25) is 0 Å². The van der Waals surface area contributed by atoms with Gasteiger partial charge in [-0.1, -0.05) is 69.3 Å². The SMILES string of the molecule is COc1ccc([C@@H]2[C@H](C(=O)C(C)(C)C)N3c4ccc(F)cc4C=C[C@@H]3C23C(=O)c2ccccc2C3=O)cc1. The van der Waals surface area contributed by atoms with Crippen LogP contribution in [0.15, 0.2) is 72.8 Å². The molecule has 3 aromatic carbocycles. The largest absolute Gasteiger partial charge is 0.497 e. The average Bonchev–Trinajstić information content (AvgIpc) is 3.33. The Balaban J connectivity index is 1.69. The molecule has 0 amide bonds. The monoisotopic (exact) mass is 509 g/mol. The Bertz CT molecular complexity index is 1500. The number of benzene rings is 3. The molecule has 0 bridgehead atoms. The first-order valence-corrected chi connectivity index (χ1v) is 12.7. The zero-order valence-corrected chi connectivity index (χ0v) is 21.7. The number of hydrogen-bond acceptors (Lipinski definition) is 5. The highest BCUT2D eigenvalue weighted by Crippen LogP contribution is 2.61. The van der Waals surface area contributed by atoms with Crippen molar-refractivity contribution in [2.24, 2.45) is 10.8 Å². The minimum absolute atomic E-state index is 0.0951. The van der Waals surface area contributed by atoms with Gasteiger partial charge in [-0.15, -0.1) is 0 Å². The van der Waals surface area contributed by atoms with Crippen molar-refractivity contribution in [1.29, 1.82) is 0 Å². The zero-order valence-electron chi connectivity index (χ0n) is 21.7. The first-order chi connectivity index (χ1) is 18.1. The Hall–Kier alpha value is -4.06. The van der Waals surface area contributed by atoms with Gasteiger partial charge in [-0.3, -0.25) is 14.4 Å². The molecule has 1 fully saturated rings. The fraction of sp³-hybridized carbons (Fsp3) is 0.281. The Kier molecular flexibility index (Phi) is 5.25. The van der Waals surface area contributed by atoms with E-state index in [0.717, 1.165) is 0 Å². The van der Waals surface area contributed by atoms with E-state index in [9.17, 15) is 18.8 Å². The van der Waals surface area contributed by atoms with Crippen LogP contribution in [0.4, 0.5) is 10.1 Å². The third-order valence-electron chi connectivity index (χ3n) is 8.25. The van der Waals surface area contributed by atoms with Crippen LogP contribution >= 0.6 is 0 Å². The van der Waals surface area contributed by atoms with E-state index in [1.54, 1.807) is 61.7 Å². The number of fused-ring (bicyclic) bond motifs is 5. The van der Waals surface area contributed by atoms with Gasteiger partial charge >= 0.3 is 0 Å². The maximum absolute atomic E-state index is 14.5. The molecule has 0 unspecified atom stereocenters. The summed E-state index contributed by atoms with van der Waals surface area (Å²) in [6.45, 7) is 5.54. The second kappa shape index (κ2) is 8.22. The molecule has 0 aromatic heterocycles. The molecule has 2 heterocycles. The number of carbonyl (C=O) groups is 3. The summed E-state index contributed by atoms with van der Waals surface area (Å²) in [5, 5.41) is 0. The van der Waals surface area contributed by atoms with E-state index in [4.69, 9.17) is 4.74 Å². The van der Waals surface area contributed by atoms with Gasteiger partial charge in [0.2, 0.25) is 0 Å². The van der Waals surface area contributed by atoms with Gasteiger partial charge < -0.3 is 9.64 Å². The van der Waals surface area contributed by atoms with E-state index in [-0.39, 0.29) is 17.3 Å². The lowest BCUT2D eigenvalue weighted by atomic mass is 9.63. The summed E-state index contributed by atoms with van der Waals surface area (Å²) in [6, 6.07) is 17.0. The fourth-order valence-corrected chi connectivity index (χ4v) is 6.58. The molecule has 2 aliphatic heterocycles. The van der Waals surface area contributed by atoms with Crippen molar-refractivity contribution >= 4 is 29.1 Å². The predicted molar refractivity (Wildman–Crippen MR) is 143 cm³/mol. The molecule has 5 nitrogen and oxygen atoms in total. The third kappa shape index (κ3) is 3.12. The molecule has 1 saturated heterocycles. The third-order valence-corrected chi connectivity index (χ3v) is 8.25. The number of ether oxygens (including phenoxy) is 1. The zero-order chi connectivity index (χ0) is 27.0. The van der Waals surface area contributed by atoms with E-state index in [1.807, 2.05) is 37.8 Å². The van der Waals surface area contributed by atoms with E-state index in [1.165, 1.54) is 12.1 Å². The van der Waals surface area contributed by atoms with Gasteiger partial charge in [0.15, 0.2) is 17.3 Å². The van der Waals surface area contributed by atoms with Crippen molar-refractivity contribution in [2.45, 2.75) is 38.8 Å². The predicted octanol–water partition coefficient (Wildman–Crippen LogP) is 5.88. The van der Waals surface area contributed by atoms with Crippen LogP contribution in [-0.4, -0.2) is 36.5 Å². The summed E-state index contributed by atoms with van der Waals surface area (Å²) in [5.74, 6) is -1.21. The number of anilines is 1. The number of Topliss-reactive ketones (excluding diaryl/α,β-unsaturated/α-hetero) is 3. The molecular formula is C32H28FNO4. The lowest BCUT2D eigenvalue weighted by molar-refractivity contribution is -0.127. The smallest absolute Gasteiger partial charge is 0.180 e. The van der Waals surface area contributed by atoms with Crippen LogP contribution in [0.25, 0.3) is 6.08 Å². The first-order valence-electron chi connectivity index (χ1n) is 12.7. The summed E-state index contributed by atoms with van der Waals surface area (Å²) in [7, 11) is 1.57. The van der Waals surface area contributed by atoms with Gasteiger partial charge in [0, 0.05) is 33.7 Å². The van der Waals surface area contributed by atoms with E-state index in [0.29, 0.717) is 33.7 Å². The molecule has 3 aromatic rings. The molecule has 38 heavy (non-hydrogen) atoms. The molecule has 0 N–H and O–H groups in total. The van der Waals surface area contributed by atoms with Crippen molar-refractivity contribution in [3.05, 3.63) is 101 Å². The Morgan fingerprint density at radius 3 is 2.16 bits per heavy atom. The molecule has 1 aliphatic carbocycles. The summed E-state index contributed by atoms with van der Waals surface area (Å²) >= 11 is 0. The molecule has 1 spiro atoms. The molecule has 6 rings (SSSR count). The molecular weight excluding hydrogens is 481 g/mol. The van der Waals surface area contributed by atoms with Crippen molar-refractivity contribution in [1.82, 2.24) is 0 Å². The van der Waals surface area contributed by atoms with Gasteiger partial charge in [-0.25, -0.2) is 4.39 Å². The Labute approximate surface area is 220 Å². The number of hydrogen-bond donors (Lipinski definition) is 0. The van der Waals surface area contributed by atoms with Crippen molar-refractivity contribution in [2.75, 3.05) is 12.0 Å². The highest BCUT2D eigenvalue weighted by Gasteiger charge is 2.71. The van der Waals surface area contributed by atoms with Crippen molar-refractivity contribution < 1.29 is 23.5 Å². The number of ketones is 3. The average molecular weight is 510 g/mol. The summed E-state index contributed by atoms with van der Waals surface area (Å²) in [4.78, 5) is 45.2. The van der Waals surface area contributed by atoms with E-state index >= 15 is 0 Å². The van der Waals surface area contributed by atoms with Crippen LogP contribution in [0.1, 0.15) is 58.5 Å². The van der Waals surface area contributed by atoms with Crippen LogP contribution in [-0.2, 0) is 4.79 Å². The van der Waals surface area contributed by atoms with Crippen molar-refractivity contribution in [3.63, 3.8) is 0 Å². The summed E-state index contributed by atoms with van der Waals surface area (Å²) in [5.41, 5.74) is 0.351. The fourth-order valence-electron chi connectivity index (χ4n) is 6.58. The Morgan fingerprint density at radius 1 is 0.947 bits per heavy atom. The van der Waals surface area contributed by atoms with E-state index < -0.39 is 34.6 Å².